The van der Waals surface area contributed by atoms with Crippen LogP contribution in [0.25, 0.3) is 11.0 Å². The molecule has 3 N–H and O–H groups in total. The number of hydrogen-bond acceptors (Lipinski definition) is 5. The van der Waals surface area contributed by atoms with Crippen molar-refractivity contribution in [1.82, 2.24) is 24.8 Å². The van der Waals surface area contributed by atoms with Crippen LogP contribution in [0, 0.1) is 0 Å². The van der Waals surface area contributed by atoms with Crippen LogP contribution in [0.4, 0.5) is 0 Å². The van der Waals surface area contributed by atoms with E-state index < -0.39 is 0 Å². The molecule has 0 amide bonds. The molecule has 0 unspecified atom stereocenters. The second-order valence-corrected chi connectivity index (χ2v) is 7.00. The van der Waals surface area contributed by atoms with Gasteiger partial charge in [-0.1, -0.05) is 19.4 Å². The topological polar surface area (TPSA) is 83.7 Å². The molecule has 0 aliphatic carbocycles. The molecule has 0 saturated heterocycles. The molecule has 3 rings (SSSR count). The highest BCUT2D eigenvalue weighted by Gasteiger charge is 2.13. The second kappa shape index (κ2) is 10.1. The molecule has 6 heteroatoms. The Bertz CT molecular complexity index is 795. The molecule has 0 aromatic carbocycles. The molecule has 144 valence electrons. The van der Waals surface area contributed by atoms with Gasteiger partial charge in [-0.05, 0) is 56.5 Å². The van der Waals surface area contributed by atoms with Crippen LogP contribution in [0.15, 0.2) is 36.8 Å². The Balaban J connectivity index is 1.74. The first-order valence-corrected chi connectivity index (χ1v) is 9.94. The van der Waals surface area contributed by atoms with Crippen LogP contribution in [0.2, 0.25) is 0 Å². The Morgan fingerprint density at radius 2 is 2.04 bits per heavy atom. The molecule has 0 aliphatic rings. The summed E-state index contributed by atoms with van der Waals surface area (Å²) in [7, 11) is 0. The first kappa shape index (κ1) is 19.5. The number of fused-ring (bicyclic) bond motifs is 1. The van der Waals surface area contributed by atoms with Crippen molar-refractivity contribution in [2.75, 3.05) is 13.1 Å². The summed E-state index contributed by atoms with van der Waals surface area (Å²) in [4.78, 5) is 19.3. The summed E-state index contributed by atoms with van der Waals surface area (Å²) in [6.07, 6.45) is 11.1. The third kappa shape index (κ3) is 5.58. The molecule has 3 aromatic heterocycles. The van der Waals surface area contributed by atoms with Crippen LogP contribution >= 0.6 is 0 Å². The van der Waals surface area contributed by atoms with Crippen molar-refractivity contribution in [3.63, 3.8) is 0 Å². The number of hydrogen-bond donors (Lipinski definition) is 2. The molecule has 0 fully saturated rings. The molecule has 0 atom stereocenters. The Morgan fingerprint density at radius 3 is 2.85 bits per heavy atom. The molecule has 0 spiro atoms. The van der Waals surface area contributed by atoms with Gasteiger partial charge in [-0.3, -0.25) is 14.9 Å². The fourth-order valence-electron chi connectivity index (χ4n) is 3.31. The predicted octanol–water partition coefficient (Wildman–Crippen LogP) is 3.44. The van der Waals surface area contributed by atoms with Gasteiger partial charge in [-0.15, -0.1) is 0 Å². The minimum Gasteiger partial charge on any atom is -0.341 e. The van der Waals surface area contributed by atoms with E-state index >= 15 is 0 Å². The number of H-pyrrole nitrogens is 1. The Labute approximate surface area is 161 Å². The SMILES string of the molecule is CCCCc1cccnc1CN(CCCCN)Cc1nc2cnccc2[nH]1. The molecule has 3 aromatic rings. The van der Waals surface area contributed by atoms with E-state index in [-0.39, 0.29) is 0 Å². The number of aryl methyl sites for hydroxylation is 1. The van der Waals surface area contributed by atoms with Crippen LogP contribution < -0.4 is 5.73 Å². The zero-order chi connectivity index (χ0) is 18.9. The minimum atomic E-state index is 0.732. The van der Waals surface area contributed by atoms with Gasteiger partial charge in [-0.25, -0.2) is 4.98 Å². The first-order valence-electron chi connectivity index (χ1n) is 9.94. The number of pyridine rings is 2. The quantitative estimate of drug-likeness (QED) is 0.508. The van der Waals surface area contributed by atoms with Gasteiger partial charge in [0.15, 0.2) is 0 Å². The number of nitrogens with two attached hydrogens (primary N) is 1. The fraction of sp³-hybridized carbons (Fsp3) is 0.476. The third-order valence-electron chi connectivity index (χ3n) is 4.79. The lowest BCUT2D eigenvalue weighted by Crippen LogP contribution is -2.26. The van der Waals surface area contributed by atoms with Crippen molar-refractivity contribution in [3.05, 3.63) is 53.9 Å². The van der Waals surface area contributed by atoms with E-state index in [4.69, 9.17) is 5.73 Å². The van der Waals surface area contributed by atoms with Gasteiger partial charge in [0, 0.05) is 18.9 Å². The summed E-state index contributed by atoms with van der Waals surface area (Å²) in [6.45, 7) is 5.54. The van der Waals surface area contributed by atoms with Crippen molar-refractivity contribution in [2.45, 2.75) is 52.1 Å². The van der Waals surface area contributed by atoms with Crippen molar-refractivity contribution in [3.8, 4) is 0 Å². The number of rotatable bonds is 11. The molecule has 6 nitrogen and oxygen atoms in total. The summed E-state index contributed by atoms with van der Waals surface area (Å²) in [5.41, 5.74) is 10.2. The van der Waals surface area contributed by atoms with Crippen molar-refractivity contribution in [2.24, 2.45) is 5.73 Å². The molecule has 0 saturated carbocycles. The van der Waals surface area contributed by atoms with Gasteiger partial charge < -0.3 is 10.7 Å². The lowest BCUT2D eigenvalue weighted by atomic mass is 10.1. The molecule has 0 bridgehead atoms. The summed E-state index contributed by atoms with van der Waals surface area (Å²) in [5.74, 6) is 0.969. The average molecular weight is 367 g/mol. The molecule has 0 aliphatic heterocycles. The average Bonchev–Trinajstić information content (AvgIpc) is 3.09. The number of nitrogens with zero attached hydrogens (tertiary/aromatic N) is 4. The van der Waals surface area contributed by atoms with Gasteiger partial charge in [0.2, 0.25) is 0 Å². The Hall–Kier alpha value is -2.31. The number of imidazole rings is 1. The van der Waals surface area contributed by atoms with E-state index in [0.29, 0.717) is 0 Å². The predicted molar refractivity (Wildman–Crippen MR) is 109 cm³/mol. The standard InChI is InChI=1S/C21H30N6/c1-2-3-7-17-8-6-11-24-20(17)15-27(13-5-4-10-22)16-21-25-18-9-12-23-14-19(18)26-21/h6,8-9,11-12,14H,2-5,7,10,13,15-16,22H2,1H3,(H,25,26). The molecule has 27 heavy (non-hydrogen) atoms. The van der Waals surface area contributed by atoms with Gasteiger partial charge in [0.25, 0.3) is 0 Å². The monoisotopic (exact) mass is 366 g/mol. The smallest absolute Gasteiger partial charge is 0.121 e. The van der Waals surface area contributed by atoms with Crippen LogP contribution in [0.3, 0.4) is 0 Å². The maximum atomic E-state index is 5.69. The zero-order valence-electron chi connectivity index (χ0n) is 16.2. The Kier molecular flexibility index (Phi) is 7.30. The maximum absolute atomic E-state index is 5.69. The highest BCUT2D eigenvalue weighted by molar-refractivity contribution is 5.73. The van der Waals surface area contributed by atoms with E-state index in [1.54, 1.807) is 12.4 Å². The number of aromatic amines is 1. The molecule has 0 radical (unpaired) electrons. The lowest BCUT2D eigenvalue weighted by molar-refractivity contribution is 0.243. The summed E-state index contributed by atoms with van der Waals surface area (Å²) >= 11 is 0. The minimum absolute atomic E-state index is 0.732. The Morgan fingerprint density at radius 1 is 1.11 bits per heavy atom. The molecular formula is C21H30N6. The van der Waals surface area contributed by atoms with Gasteiger partial charge in [-0.2, -0.15) is 0 Å². The summed E-state index contributed by atoms with van der Waals surface area (Å²) < 4.78 is 0. The lowest BCUT2D eigenvalue weighted by Gasteiger charge is -2.22. The number of aromatic nitrogens is 4. The molecule has 3 heterocycles. The first-order chi connectivity index (χ1) is 13.3. The normalized spacial score (nSPS) is 11.5. The van der Waals surface area contributed by atoms with E-state index in [0.717, 1.165) is 62.3 Å². The largest absolute Gasteiger partial charge is 0.341 e. The maximum Gasteiger partial charge on any atom is 0.121 e. The fourth-order valence-corrected chi connectivity index (χ4v) is 3.31. The van der Waals surface area contributed by atoms with Gasteiger partial charge in [0.05, 0.1) is 24.0 Å². The van der Waals surface area contributed by atoms with Crippen molar-refractivity contribution < 1.29 is 0 Å². The van der Waals surface area contributed by atoms with Crippen LogP contribution in [-0.4, -0.2) is 37.9 Å². The van der Waals surface area contributed by atoms with Crippen LogP contribution in [0.1, 0.15) is 49.7 Å². The van der Waals surface area contributed by atoms with Crippen LogP contribution in [0.5, 0.6) is 0 Å². The number of unbranched alkanes of at least 4 members (excludes halogenated alkanes) is 2. The van der Waals surface area contributed by atoms with Gasteiger partial charge >= 0.3 is 0 Å². The van der Waals surface area contributed by atoms with Crippen LogP contribution in [-0.2, 0) is 19.5 Å². The highest BCUT2D eigenvalue weighted by atomic mass is 15.2. The third-order valence-corrected chi connectivity index (χ3v) is 4.79. The van der Waals surface area contributed by atoms with Crippen molar-refractivity contribution >= 4 is 11.0 Å². The van der Waals surface area contributed by atoms with E-state index in [1.165, 1.54) is 24.1 Å². The number of nitrogens with one attached hydrogen (secondary N) is 1. The van der Waals surface area contributed by atoms with Gasteiger partial charge in [0.1, 0.15) is 11.3 Å². The van der Waals surface area contributed by atoms with E-state index in [1.807, 2.05) is 18.3 Å². The summed E-state index contributed by atoms with van der Waals surface area (Å²) in [5, 5.41) is 0. The van der Waals surface area contributed by atoms with E-state index in [2.05, 4.69) is 37.8 Å². The second-order valence-electron chi connectivity index (χ2n) is 7.00. The summed E-state index contributed by atoms with van der Waals surface area (Å²) in [6, 6.07) is 6.22. The van der Waals surface area contributed by atoms with E-state index in [9.17, 15) is 0 Å². The zero-order valence-corrected chi connectivity index (χ0v) is 16.2. The molecular weight excluding hydrogens is 336 g/mol. The van der Waals surface area contributed by atoms with Crippen molar-refractivity contribution in [1.29, 1.82) is 0 Å². The highest BCUT2D eigenvalue weighted by Crippen LogP contribution is 2.16.